The van der Waals surface area contributed by atoms with Crippen molar-refractivity contribution in [2.24, 2.45) is 0 Å². The minimum atomic E-state index is -0.174. The SMILES string of the molecule is CCOc1ccc(C(CC(=O)c2ccccc2)Nc2cccc(Cl)c2)cc1. The fraction of sp³-hybridized carbons (Fsp3) is 0.174. The van der Waals surface area contributed by atoms with Crippen LogP contribution in [0.5, 0.6) is 5.75 Å². The van der Waals surface area contributed by atoms with Gasteiger partial charge in [-0.25, -0.2) is 0 Å². The quantitative estimate of drug-likeness (QED) is 0.476. The highest BCUT2D eigenvalue weighted by Crippen LogP contribution is 2.27. The van der Waals surface area contributed by atoms with E-state index in [0.717, 1.165) is 17.0 Å². The van der Waals surface area contributed by atoms with Gasteiger partial charge in [-0.2, -0.15) is 0 Å². The number of hydrogen-bond donors (Lipinski definition) is 1. The van der Waals surface area contributed by atoms with E-state index < -0.39 is 0 Å². The second kappa shape index (κ2) is 9.24. The van der Waals surface area contributed by atoms with Crippen LogP contribution in [0.4, 0.5) is 5.69 Å². The molecule has 0 saturated carbocycles. The smallest absolute Gasteiger partial charge is 0.165 e. The first kappa shape index (κ1) is 19.0. The zero-order chi connectivity index (χ0) is 19.1. The van der Waals surface area contributed by atoms with Gasteiger partial charge in [0.2, 0.25) is 0 Å². The molecular weight excluding hydrogens is 358 g/mol. The van der Waals surface area contributed by atoms with E-state index in [0.29, 0.717) is 23.6 Å². The Hall–Kier alpha value is -2.78. The molecule has 3 nitrogen and oxygen atoms in total. The lowest BCUT2D eigenvalue weighted by Crippen LogP contribution is -2.16. The number of nitrogens with one attached hydrogen (secondary N) is 1. The summed E-state index contributed by atoms with van der Waals surface area (Å²) >= 11 is 6.11. The Morgan fingerprint density at radius 2 is 1.74 bits per heavy atom. The molecule has 0 amide bonds. The summed E-state index contributed by atoms with van der Waals surface area (Å²) in [5.41, 5.74) is 2.60. The lowest BCUT2D eigenvalue weighted by atomic mass is 9.97. The summed E-state index contributed by atoms with van der Waals surface area (Å²) in [4.78, 5) is 12.8. The minimum absolute atomic E-state index is 0.0870. The summed E-state index contributed by atoms with van der Waals surface area (Å²) in [5, 5.41) is 4.09. The molecule has 0 aliphatic carbocycles. The molecule has 3 rings (SSSR count). The van der Waals surface area contributed by atoms with Crippen molar-refractivity contribution >= 4 is 23.1 Å². The monoisotopic (exact) mass is 379 g/mol. The van der Waals surface area contributed by atoms with Crippen molar-refractivity contribution in [2.45, 2.75) is 19.4 Å². The number of anilines is 1. The zero-order valence-corrected chi connectivity index (χ0v) is 15.9. The summed E-state index contributed by atoms with van der Waals surface area (Å²) in [6.07, 6.45) is 0.338. The lowest BCUT2D eigenvalue weighted by molar-refractivity contribution is 0.0976. The molecule has 0 aliphatic rings. The van der Waals surface area contributed by atoms with Gasteiger partial charge in [0.05, 0.1) is 12.6 Å². The second-order valence-electron chi connectivity index (χ2n) is 6.20. The molecule has 0 bridgehead atoms. The minimum Gasteiger partial charge on any atom is -0.494 e. The Kier molecular flexibility index (Phi) is 6.50. The molecule has 0 heterocycles. The average Bonchev–Trinajstić information content (AvgIpc) is 2.69. The first-order chi connectivity index (χ1) is 13.2. The molecule has 0 fully saturated rings. The summed E-state index contributed by atoms with van der Waals surface area (Å²) in [7, 11) is 0. The first-order valence-corrected chi connectivity index (χ1v) is 9.36. The van der Waals surface area contributed by atoms with Gasteiger partial charge in [0.15, 0.2) is 5.78 Å². The number of ether oxygens (including phenoxy) is 1. The standard InChI is InChI=1S/C23H22ClNO2/c1-2-27-21-13-11-17(12-14-21)22(25-20-10-6-9-19(24)15-20)16-23(26)18-7-4-3-5-8-18/h3-15,22,25H,2,16H2,1H3. The third-order valence-electron chi connectivity index (χ3n) is 4.24. The third kappa shape index (κ3) is 5.35. The van der Waals surface area contributed by atoms with Gasteiger partial charge in [0.25, 0.3) is 0 Å². The van der Waals surface area contributed by atoms with Crippen molar-refractivity contribution in [1.29, 1.82) is 0 Å². The van der Waals surface area contributed by atoms with Crippen molar-refractivity contribution in [3.63, 3.8) is 0 Å². The predicted octanol–water partition coefficient (Wildman–Crippen LogP) is 6.16. The van der Waals surface area contributed by atoms with Crippen LogP contribution in [0.2, 0.25) is 5.02 Å². The van der Waals surface area contributed by atoms with E-state index >= 15 is 0 Å². The van der Waals surface area contributed by atoms with Gasteiger partial charge in [-0.1, -0.05) is 60.1 Å². The van der Waals surface area contributed by atoms with Crippen LogP contribution in [-0.2, 0) is 0 Å². The molecule has 1 N–H and O–H groups in total. The van der Waals surface area contributed by atoms with E-state index in [9.17, 15) is 4.79 Å². The van der Waals surface area contributed by atoms with Crippen LogP contribution < -0.4 is 10.1 Å². The number of Topliss-reactive ketones (excluding diaryl/α,β-unsaturated/α-hetero) is 1. The molecule has 138 valence electrons. The molecule has 1 unspecified atom stereocenters. The summed E-state index contributed by atoms with van der Waals surface area (Å²) in [6.45, 7) is 2.58. The van der Waals surface area contributed by atoms with Crippen molar-refractivity contribution in [1.82, 2.24) is 0 Å². The Labute approximate surface area is 164 Å². The molecule has 4 heteroatoms. The lowest BCUT2D eigenvalue weighted by Gasteiger charge is -2.20. The van der Waals surface area contributed by atoms with Gasteiger partial charge in [-0.05, 0) is 42.8 Å². The van der Waals surface area contributed by atoms with Crippen LogP contribution in [0.1, 0.15) is 35.3 Å². The highest BCUT2D eigenvalue weighted by molar-refractivity contribution is 6.30. The maximum atomic E-state index is 12.8. The number of hydrogen-bond acceptors (Lipinski definition) is 3. The molecular formula is C23H22ClNO2. The number of halogens is 1. The number of ketones is 1. The maximum Gasteiger partial charge on any atom is 0.165 e. The van der Waals surface area contributed by atoms with Crippen molar-refractivity contribution in [3.05, 3.63) is 95.0 Å². The Bertz CT molecular complexity index is 878. The first-order valence-electron chi connectivity index (χ1n) is 8.99. The Balaban J connectivity index is 1.84. The topological polar surface area (TPSA) is 38.3 Å². The Morgan fingerprint density at radius 1 is 1.00 bits per heavy atom. The largest absolute Gasteiger partial charge is 0.494 e. The molecule has 0 aliphatic heterocycles. The van der Waals surface area contributed by atoms with Crippen LogP contribution in [-0.4, -0.2) is 12.4 Å². The third-order valence-corrected chi connectivity index (χ3v) is 4.48. The van der Waals surface area contributed by atoms with E-state index in [1.165, 1.54) is 0 Å². The van der Waals surface area contributed by atoms with Crippen molar-refractivity contribution < 1.29 is 9.53 Å². The highest BCUT2D eigenvalue weighted by Gasteiger charge is 2.17. The number of rotatable bonds is 8. The number of benzene rings is 3. The molecule has 1 atom stereocenters. The molecule has 27 heavy (non-hydrogen) atoms. The molecule has 3 aromatic carbocycles. The molecule has 0 aromatic heterocycles. The Morgan fingerprint density at radius 3 is 2.41 bits per heavy atom. The highest BCUT2D eigenvalue weighted by atomic mass is 35.5. The van der Waals surface area contributed by atoms with Gasteiger partial charge in [0, 0.05) is 22.7 Å². The fourth-order valence-corrected chi connectivity index (χ4v) is 3.11. The maximum absolute atomic E-state index is 12.8. The summed E-state index contributed by atoms with van der Waals surface area (Å²) in [5.74, 6) is 0.904. The van der Waals surface area contributed by atoms with E-state index in [1.54, 1.807) is 0 Å². The van der Waals surface area contributed by atoms with Crippen LogP contribution in [0.15, 0.2) is 78.9 Å². The number of carbonyl (C=O) groups excluding carboxylic acids is 1. The van der Waals surface area contributed by atoms with Crippen molar-refractivity contribution in [2.75, 3.05) is 11.9 Å². The number of carbonyl (C=O) groups is 1. The average molecular weight is 380 g/mol. The van der Waals surface area contributed by atoms with E-state index in [1.807, 2.05) is 85.8 Å². The predicted molar refractivity (Wildman–Crippen MR) is 111 cm³/mol. The van der Waals surface area contributed by atoms with E-state index in [4.69, 9.17) is 16.3 Å². The zero-order valence-electron chi connectivity index (χ0n) is 15.2. The molecule has 0 spiro atoms. The second-order valence-corrected chi connectivity index (χ2v) is 6.64. The van der Waals surface area contributed by atoms with Gasteiger partial charge >= 0.3 is 0 Å². The molecule has 3 aromatic rings. The van der Waals surface area contributed by atoms with Gasteiger partial charge in [0.1, 0.15) is 5.75 Å². The van der Waals surface area contributed by atoms with Gasteiger partial charge in [-0.15, -0.1) is 0 Å². The van der Waals surface area contributed by atoms with Crippen molar-refractivity contribution in [3.8, 4) is 5.75 Å². The van der Waals surface area contributed by atoms with Crippen LogP contribution >= 0.6 is 11.6 Å². The van der Waals surface area contributed by atoms with Gasteiger partial charge < -0.3 is 10.1 Å². The van der Waals surface area contributed by atoms with E-state index in [-0.39, 0.29) is 11.8 Å². The molecule has 0 saturated heterocycles. The van der Waals surface area contributed by atoms with Gasteiger partial charge in [-0.3, -0.25) is 4.79 Å². The van der Waals surface area contributed by atoms with Crippen LogP contribution in [0.3, 0.4) is 0 Å². The normalized spacial score (nSPS) is 11.6. The fourth-order valence-electron chi connectivity index (χ4n) is 2.92. The van der Waals surface area contributed by atoms with Crippen LogP contribution in [0.25, 0.3) is 0 Å². The summed E-state index contributed by atoms with van der Waals surface area (Å²) < 4.78 is 5.52. The molecule has 0 radical (unpaired) electrons. The van der Waals surface area contributed by atoms with Crippen LogP contribution in [0, 0.1) is 0 Å². The van der Waals surface area contributed by atoms with E-state index in [2.05, 4.69) is 5.32 Å². The summed E-state index contributed by atoms with van der Waals surface area (Å²) in [6, 6.07) is 24.5.